The highest BCUT2D eigenvalue weighted by Crippen LogP contribution is 2.29. The van der Waals surface area contributed by atoms with E-state index >= 15 is 0 Å². The molecule has 0 aliphatic heterocycles. The zero-order valence-electron chi connectivity index (χ0n) is 22.2. The Kier molecular flexibility index (Phi) is 11.7. The molecule has 0 fully saturated rings. The Labute approximate surface area is 213 Å². The molecule has 3 aromatic carbocycles. The van der Waals surface area contributed by atoms with Crippen molar-refractivity contribution in [3.05, 3.63) is 72.3 Å². The summed E-state index contributed by atoms with van der Waals surface area (Å²) in [6.45, 7) is 5.24. The normalized spacial score (nSPS) is 10.9. The monoisotopic (exact) mass is 472 g/mol. The Morgan fingerprint density at radius 1 is 0.543 bits per heavy atom. The molecule has 0 N–H and O–H groups in total. The van der Waals surface area contributed by atoms with Crippen LogP contribution in [-0.4, -0.2) is 13.7 Å². The zero-order valence-corrected chi connectivity index (χ0v) is 22.2. The molecule has 0 spiro atoms. The quantitative estimate of drug-likeness (QED) is 0.193. The van der Waals surface area contributed by atoms with Gasteiger partial charge in [0.05, 0.1) is 13.7 Å². The van der Waals surface area contributed by atoms with Crippen LogP contribution in [0.2, 0.25) is 0 Å². The van der Waals surface area contributed by atoms with Crippen molar-refractivity contribution >= 4 is 0 Å². The molecule has 188 valence electrons. The molecule has 0 heterocycles. The third-order valence-corrected chi connectivity index (χ3v) is 6.82. The van der Waals surface area contributed by atoms with Gasteiger partial charge in [-0.2, -0.15) is 0 Å². The summed E-state index contributed by atoms with van der Waals surface area (Å²) in [7, 11) is 1.70. The Morgan fingerprint density at radius 3 is 1.51 bits per heavy atom. The maximum Gasteiger partial charge on any atom is 0.122 e. The summed E-state index contributed by atoms with van der Waals surface area (Å²) in [6.07, 6.45) is 14.9. The third-order valence-electron chi connectivity index (χ3n) is 6.82. The Bertz CT molecular complexity index is 973. The number of hydrogen-bond donors (Lipinski definition) is 0. The van der Waals surface area contributed by atoms with E-state index in [-0.39, 0.29) is 0 Å². The van der Waals surface area contributed by atoms with Gasteiger partial charge in [-0.3, -0.25) is 0 Å². The smallest absolute Gasteiger partial charge is 0.122 e. The molecule has 0 unspecified atom stereocenters. The van der Waals surface area contributed by atoms with Crippen LogP contribution in [0.3, 0.4) is 0 Å². The van der Waals surface area contributed by atoms with Crippen molar-refractivity contribution in [1.29, 1.82) is 0 Å². The average Bonchev–Trinajstić information content (AvgIpc) is 2.90. The van der Waals surface area contributed by atoms with E-state index in [2.05, 4.69) is 68.4 Å². The van der Waals surface area contributed by atoms with Crippen LogP contribution in [0.5, 0.6) is 11.5 Å². The highest BCUT2D eigenvalue weighted by atomic mass is 16.5. The van der Waals surface area contributed by atoms with E-state index in [0.29, 0.717) is 0 Å². The first-order chi connectivity index (χ1) is 17.2. The summed E-state index contributed by atoms with van der Waals surface area (Å²) in [4.78, 5) is 0. The van der Waals surface area contributed by atoms with Crippen LogP contribution in [0.4, 0.5) is 0 Å². The molecule has 0 aliphatic carbocycles. The molecule has 0 aliphatic rings. The minimum atomic E-state index is 0.813. The largest absolute Gasteiger partial charge is 0.497 e. The van der Waals surface area contributed by atoms with Crippen molar-refractivity contribution in [3.63, 3.8) is 0 Å². The minimum Gasteiger partial charge on any atom is -0.497 e. The van der Waals surface area contributed by atoms with Gasteiger partial charge in [-0.1, -0.05) is 114 Å². The second-order valence-corrected chi connectivity index (χ2v) is 9.67. The van der Waals surface area contributed by atoms with Gasteiger partial charge in [0.15, 0.2) is 0 Å². The molecule has 0 saturated carbocycles. The summed E-state index contributed by atoms with van der Waals surface area (Å²) < 4.78 is 11.4. The number of ether oxygens (including phenoxy) is 2. The fourth-order valence-electron chi connectivity index (χ4n) is 4.58. The van der Waals surface area contributed by atoms with Crippen LogP contribution in [-0.2, 0) is 0 Å². The van der Waals surface area contributed by atoms with Gasteiger partial charge in [0.25, 0.3) is 0 Å². The van der Waals surface area contributed by atoms with E-state index in [1.54, 1.807) is 7.11 Å². The SMILES string of the molecule is CCCCCCCCCCCCCOc1ccc(-c2ccc(-c3ccc(OC)cc3)cc2)cc1C. The second kappa shape index (κ2) is 15.3. The molecule has 0 atom stereocenters. The highest BCUT2D eigenvalue weighted by molar-refractivity contribution is 5.71. The first kappa shape index (κ1) is 26.9. The van der Waals surface area contributed by atoms with Crippen molar-refractivity contribution in [2.75, 3.05) is 13.7 Å². The lowest BCUT2D eigenvalue weighted by Crippen LogP contribution is -1.99. The first-order valence-electron chi connectivity index (χ1n) is 13.7. The van der Waals surface area contributed by atoms with Gasteiger partial charge in [0.1, 0.15) is 11.5 Å². The van der Waals surface area contributed by atoms with Gasteiger partial charge >= 0.3 is 0 Å². The minimum absolute atomic E-state index is 0.813. The van der Waals surface area contributed by atoms with Crippen LogP contribution >= 0.6 is 0 Å². The predicted molar refractivity (Wildman–Crippen MR) is 151 cm³/mol. The summed E-state index contributed by atoms with van der Waals surface area (Å²) >= 11 is 0. The Morgan fingerprint density at radius 2 is 1.00 bits per heavy atom. The standard InChI is InChI=1S/C33H44O2/c1-4-5-6-7-8-9-10-11-12-13-14-25-35-33-24-21-31(26-27(33)2)30-17-15-28(16-18-30)29-19-22-32(34-3)23-20-29/h15-24,26H,4-14,25H2,1-3H3. The molecule has 0 bridgehead atoms. The first-order valence-corrected chi connectivity index (χ1v) is 13.7. The van der Waals surface area contributed by atoms with Gasteiger partial charge in [-0.05, 0) is 65.4 Å². The summed E-state index contributed by atoms with van der Waals surface area (Å²) in [5, 5.41) is 0. The Balaban J connectivity index is 1.38. The van der Waals surface area contributed by atoms with E-state index in [9.17, 15) is 0 Å². The molecular formula is C33H44O2. The maximum atomic E-state index is 6.10. The lowest BCUT2D eigenvalue weighted by molar-refractivity contribution is 0.302. The van der Waals surface area contributed by atoms with Crippen molar-refractivity contribution in [2.45, 2.75) is 84.5 Å². The second-order valence-electron chi connectivity index (χ2n) is 9.67. The molecule has 0 saturated heterocycles. The fraction of sp³-hybridized carbons (Fsp3) is 0.455. The van der Waals surface area contributed by atoms with Crippen LogP contribution < -0.4 is 9.47 Å². The summed E-state index contributed by atoms with van der Waals surface area (Å²) in [5.74, 6) is 1.89. The molecule has 2 nitrogen and oxygen atoms in total. The van der Waals surface area contributed by atoms with E-state index in [4.69, 9.17) is 9.47 Å². The molecule has 0 radical (unpaired) electrons. The van der Waals surface area contributed by atoms with E-state index < -0.39 is 0 Å². The van der Waals surface area contributed by atoms with E-state index in [0.717, 1.165) is 24.5 Å². The number of benzene rings is 3. The summed E-state index contributed by atoms with van der Waals surface area (Å²) in [5.41, 5.74) is 6.05. The topological polar surface area (TPSA) is 18.5 Å². The predicted octanol–water partition coefficient (Wildman–Crippen LogP) is 10.0. The van der Waals surface area contributed by atoms with E-state index in [1.165, 1.54) is 92.0 Å². The summed E-state index contributed by atoms with van der Waals surface area (Å²) in [6, 6.07) is 23.5. The number of aryl methyl sites for hydroxylation is 1. The maximum absolute atomic E-state index is 6.10. The fourth-order valence-corrected chi connectivity index (χ4v) is 4.58. The zero-order chi connectivity index (χ0) is 24.7. The van der Waals surface area contributed by atoms with Crippen molar-refractivity contribution in [1.82, 2.24) is 0 Å². The van der Waals surface area contributed by atoms with Crippen molar-refractivity contribution in [3.8, 4) is 33.8 Å². The number of rotatable bonds is 16. The average molecular weight is 473 g/mol. The number of unbranched alkanes of at least 4 members (excludes halogenated alkanes) is 10. The van der Waals surface area contributed by atoms with Crippen LogP contribution in [0.25, 0.3) is 22.3 Å². The molecule has 3 aromatic rings. The molecule has 2 heteroatoms. The molecule has 3 rings (SSSR count). The van der Waals surface area contributed by atoms with Gasteiger partial charge in [0.2, 0.25) is 0 Å². The molecule has 35 heavy (non-hydrogen) atoms. The van der Waals surface area contributed by atoms with E-state index in [1.807, 2.05) is 12.1 Å². The van der Waals surface area contributed by atoms with Crippen molar-refractivity contribution < 1.29 is 9.47 Å². The Hall–Kier alpha value is -2.74. The van der Waals surface area contributed by atoms with Crippen LogP contribution in [0, 0.1) is 6.92 Å². The van der Waals surface area contributed by atoms with Crippen LogP contribution in [0.1, 0.15) is 83.1 Å². The molecular weight excluding hydrogens is 428 g/mol. The van der Waals surface area contributed by atoms with Crippen molar-refractivity contribution in [2.24, 2.45) is 0 Å². The van der Waals surface area contributed by atoms with Gasteiger partial charge in [-0.15, -0.1) is 0 Å². The number of methoxy groups -OCH3 is 1. The van der Waals surface area contributed by atoms with Gasteiger partial charge in [-0.25, -0.2) is 0 Å². The van der Waals surface area contributed by atoms with Crippen LogP contribution in [0.15, 0.2) is 66.7 Å². The molecule has 0 amide bonds. The van der Waals surface area contributed by atoms with Gasteiger partial charge in [0, 0.05) is 0 Å². The lowest BCUT2D eigenvalue weighted by Gasteiger charge is -2.11. The highest BCUT2D eigenvalue weighted by Gasteiger charge is 2.05. The van der Waals surface area contributed by atoms with Gasteiger partial charge < -0.3 is 9.47 Å². The molecule has 0 aromatic heterocycles. The lowest BCUT2D eigenvalue weighted by atomic mass is 9.99. The number of hydrogen-bond acceptors (Lipinski definition) is 2. The third kappa shape index (κ3) is 9.09.